The highest BCUT2D eigenvalue weighted by atomic mass is 16.6. The number of esters is 2. The van der Waals surface area contributed by atoms with E-state index in [2.05, 4.69) is 20.8 Å². The van der Waals surface area contributed by atoms with E-state index in [1.54, 1.807) is 20.8 Å². The van der Waals surface area contributed by atoms with E-state index in [1.807, 2.05) is 6.07 Å². The van der Waals surface area contributed by atoms with E-state index in [-0.39, 0.29) is 12.8 Å². The van der Waals surface area contributed by atoms with Crippen molar-refractivity contribution in [2.75, 3.05) is 6.61 Å². The first-order chi connectivity index (χ1) is 11.5. The smallest absolute Gasteiger partial charge is 0.320 e. The van der Waals surface area contributed by atoms with Crippen LogP contribution in [-0.2, 0) is 19.1 Å². The molecule has 0 saturated carbocycles. The van der Waals surface area contributed by atoms with Crippen molar-refractivity contribution in [3.05, 3.63) is 0 Å². The number of hydrogen-bond donors (Lipinski definition) is 0. The van der Waals surface area contributed by atoms with Crippen molar-refractivity contribution >= 4 is 11.9 Å². The van der Waals surface area contributed by atoms with Gasteiger partial charge in [-0.3, -0.25) is 9.59 Å². The van der Waals surface area contributed by atoms with Gasteiger partial charge in [0.25, 0.3) is 0 Å². The predicted octanol–water partition coefficient (Wildman–Crippen LogP) is 4.79. The molecule has 0 saturated heterocycles. The molecular formula is C20H35NO4. The molecule has 25 heavy (non-hydrogen) atoms. The van der Waals surface area contributed by atoms with Gasteiger partial charge in [-0.15, -0.1) is 0 Å². The van der Waals surface area contributed by atoms with Gasteiger partial charge in [-0.1, -0.05) is 40.0 Å². The number of nitriles is 1. The number of rotatable bonds is 10. The lowest BCUT2D eigenvalue weighted by atomic mass is 9.89. The lowest BCUT2D eigenvalue weighted by molar-refractivity contribution is -0.169. The Morgan fingerprint density at radius 3 is 2.08 bits per heavy atom. The molecule has 0 bridgehead atoms. The zero-order valence-electron chi connectivity index (χ0n) is 16.8. The highest BCUT2D eigenvalue weighted by Gasteiger charge is 2.32. The molecule has 144 valence electrons. The van der Waals surface area contributed by atoms with E-state index in [0.29, 0.717) is 12.0 Å². The first-order valence-corrected chi connectivity index (χ1v) is 9.23. The molecule has 0 aliphatic carbocycles. The Balaban J connectivity index is 4.22. The summed E-state index contributed by atoms with van der Waals surface area (Å²) in [6, 6.07) is 1.96. The van der Waals surface area contributed by atoms with E-state index >= 15 is 0 Å². The fourth-order valence-electron chi connectivity index (χ4n) is 2.30. The molecule has 0 aromatic rings. The van der Waals surface area contributed by atoms with Crippen molar-refractivity contribution in [3.8, 4) is 6.07 Å². The summed E-state index contributed by atoms with van der Waals surface area (Å²) < 4.78 is 10.5. The average Bonchev–Trinajstić information content (AvgIpc) is 2.43. The lowest BCUT2D eigenvalue weighted by Gasteiger charge is -2.22. The van der Waals surface area contributed by atoms with Crippen molar-refractivity contribution < 1.29 is 19.1 Å². The van der Waals surface area contributed by atoms with Gasteiger partial charge in [0.05, 0.1) is 12.7 Å². The Bertz CT molecular complexity index is 452. The summed E-state index contributed by atoms with van der Waals surface area (Å²) in [6.07, 6.45) is 5.50. The molecular weight excluding hydrogens is 318 g/mol. The van der Waals surface area contributed by atoms with E-state index in [1.165, 1.54) is 12.8 Å². The van der Waals surface area contributed by atoms with Gasteiger partial charge < -0.3 is 9.47 Å². The highest BCUT2D eigenvalue weighted by molar-refractivity contribution is 5.95. The largest absolute Gasteiger partial charge is 0.465 e. The molecule has 0 aromatic carbocycles. The second kappa shape index (κ2) is 11.1. The van der Waals surface area contributed by atoms with E-state index < -0.39 is 23.5 Å². The van der Waals surface area contributed by atoms with Crippen LogP contribution in [0.5, 0.6) is 0 Å². The summed E-state index contributed by atoms with van der Waals surface area (Å²) in [5.41, 5.74) is -0.316. The molecule has 5 nitrogen and oxygen atoms in total. The van der Waals surface area contributed by atoms with Gasteiger partial charge in [0, 0.05) is 6.42 Å². The monoisotopic (exact) mass is 353 g/mol. The van der Waals surface area contributed by atoms with Gasteiger partial charge in [0.2, 0.25) is 0 Å². The minimum atomic E-state index is -1.01. The summed E-state index contributed by atoms with van der Waals surface area (Å²) >= 11 is 0. The lowest BCUT2D eigenvalue weighted by Crippen LogP contribution is -2.34. The van der Waals surface area contributed by atoms with Gasteiger partial charge in [0.1, 0.15) is 5.60 Å². The van der Waals surface area contributed by atoms with E-state index in [4.69, 9.17) is 14.7 Å². The fraction of sp³-hybridized carbons (Fsp3) is 0.850. The number of hydrogen-bond acceptors (Lipinski definition) is 5. The van der Waals surface area contributed by atoms with Crippen LogP contribution in [0.1, 0.15) is 86.5 Å². The third-order valence-electron chi connectivity index (χ3n) is 3.59. The predicted molar refractivity (Wildman–Crippen MR) is 97.7 cm³/mol. The number of ether oxygens (including phenoxy) is 2. The number of nitrogens with zero attached hydrogens (tertiary/aromatic N) is 1. The summed E-state index contributed by atoms with van der Waals surface area (Å²) in [6.45, 7) is 12.2. The van der Waals surface area contributed by atoms with Crippen LogP contribution in [0.2, 0.25) is 0 Å². The second-order valence-corrected chi connectivity index (χ2v) is 8.68. The molecule has 0 heterocycles. The van der Waals surface area contributed by atoms with Crippen LogP contribution >= 0.6 is 0 Å². The van der Waals surface area contributed by atoms with Crippen LogP contribution in [0.4, 0.5) is 0 Å². The normalized spacial score (nSPS) is 13.0. The molecule has 5 heteroatoms. The topological polar surface area (TPSA) is 76.4 Å². The van der Waals surface area contributed by atoms with Gasteiger partial charge in [0.15, 0.2) is 5.92 Å². The standard InChI is InChI=1S/C20H35NO4/c1-19(2,3)13-9-7-8-10-15-24-17(22)16(12-11-14-21)18(23)25-20(4,5)6/h16H,7-13,15H2,1-6H3. The van der Waals surface area contributed by atoms with Crippen LogP contribution in [0.15, 0.2) is 0 Å². The van der Waals surface area contributed by atoms with Crippen molar-refractivity contribution in [1.82, 2.24) is 0 Å². The molecule has 0 radical (unpaired) electrons. The average molecular weight is 354 g/mol. The Kier molecular flexibility index (Phi) is 10.4. The van der Waals surface area contributed by atoms with Crippen LogP contribution in [0.3, 0.4) is 0 Å². The van der Waals surface area contributed by atoms with E-state index in [9.17, 15) is 9.59 Å². The van der Waals surface area contributed by atoms with Crippen LogP contribution < -0.4 is 0 Å². The SMILES string of the molecule is CC(C)(C)CCCCCCOC(=O)C(CCC#N)C(=O)OC(C)(C)C. The van der Waals surface area contributed by atoms with Crippen LogP contribution in [-0.4, -0.2) is 24.1 Å². The van der Waals surface area contributed by atoms with Gasteiger partial charge >= 0.3 is 11.9 Å². The molecule has 0 amide bonds. The maximum atomic E-state index is 12.2. The minimum absolute atomic E-state index is 0.117. The van der Waals surface area contributed by atoms with Crippen molar-refractivity contribution in [2.24, 2.45) is 11.3 Å². The summed E-state index contributed by atoms with van der Waals surface area (Å²) in [5, 5.41) is 8.71. The number of unbranched alkanes of at least 4 members (excludes halogenated alkanes) is 3. The minimum Gasteiger partial charge on any atom is -0.465 e. The molecule has 0 rings (SSSR count). The maximum absolute atomic E-state index is 12.2. The first-order valence-electron chi connectivity index (χ1n) is 9.23. The molecule has 0 N–H and O–H groups in total. The number of carbonyl (C=O) groups is 2. The maximum Gasteiger partial charge on any atom is 0.320 e. The Labute approximate surface area is 153 Å². The molecule has 0 fully saturated rings. The molecule has 1 atom stereocenters. The highest BCUT2D eigenvalue weighted by Crippen LogP contribution is 2.22. The molecule has 0 aromatic heterocycles. The molecule has 0 spiro atoms. The molecule has 1 unspecified atom stereocenters. The van der Waals surface area contributed by atoms with Gasteiger partial charge in [-0.05, 0) is 45.4 Å². The zero-order valence-corrected chi connectivity index (χ0v) is 16.8. The Morgan fingerprint density at radius 1 is 0.960 bits per heavy atom. The van der Waals surface area contributed by atoms with Crippen LogP contribution in [0.25, 0.3) is 0 Å². The summed E-state index contributed by atoms with van der Waals surface area (Å²) in [5.74, 6) is -2.21. The summed E-state index contributed by atoms with van der Waals surface area (Å²) in [4.78, 5) is 24.3. The quantitative estimate of drug-likeness (QED) is 0.321. The van der Waals surface area contributed by atoms with Crippen molar-refractivity contribution in [1.29, 1.82) is 5.26 Å². The third-order valence-corrected chi connectivity index (χ3v) is 3.59. The molecule has 0 aliphatic heterocycles. The van der Waals surface area contributed by atoms with Crippen molar-refractivity contribution in [3.63, 3.8) is 0 Å². The summed E-state index contributed by atoms with van der Waals surface area (Å²) in [7, 11) is 0. The van der Waals surface area contributed by atoms with Crippen LogP contribution in [0, 0.1) is 22.7 Å². The van der Waals surface area contributed by atoms with Crippen molar-refractivity contribution in [2.45, 2.75) is 92.1 Å². The van der Waals surface area contributed by atoms with Gasteiger partial charge in [-0.25, -0.2) is 0 Å². The Hall–Kier alpha value is -1.57. The Morgan fingerprint density at radius 2 is 1.56 bits per heavy atom. The molecule has 0 aliphatic rings. The zero-order chi connectivity index (χ0) is 19.5. The third kappa shape index (κ3) is 13.4. The van der Waals surface area contributed by atoms with Gasteiger partial charge in [-0.2, -0.15) is 5.26 Å². The number of carbonyl (C=O) groups excluding carboxylic acids is 2. The van der Waals surface area contributed by atoms with E-state index in [0.717, 1.165) is 19.3 Å². The first kappa shape index (κ1) is 23.4. The second-order valence-electron chi connectivity index (χ2n) is 8.68. The fourth-order valence-corrected chi connectivity index (χ4v) is 2.30.